The number of amides is 2. The number of benzene rings is 2. The first-order valence-corrected chi connectivity index (χ1v) is 9.20. The summed E-state index contributed by atoms with van der Waals surface area (Å²) in [6.07, 6.45) is 0.168. The van der Waals surface area contributed by atoms with Crippen molar-refractivity contribution in [3.8, 4) is 11.4 Å². The van der Waals surface area contributed by atoms with Gasteiger partial charge < -0.3 is 15.0 Å². The molecule has 0 bridgehead atoms. The van der Waals surface area contributed by atoms with Crippen molar-refractivity contribution in [2.24, 2.45) is 5.92 Å². The molecule has 0 saturated carbocycles. The highest BCUT2D eigenvalue weighted by Crippen LogP contribution is 2.27. The molecule has 29 heavy (non-hydrogen) atoms. The number of carbonyl (C=O) groups is 2. The molecule has 0 aliphatic carbocycles. The van der Waals surface area contributed by atoms with Gasteiger partial charge in [0.25, 0.3) is 0 Å². The Balaban J connectivity index is 1.39. The average molecular weight is 392 g/mol. The smallest absolute Gasteiger partial charge is 0.227 e. The highest BCUT2D eigenvalue weighted by Gasteiger charge is 2.35. The summed E-state index contributed by atoms with van der Waals surface area (Å²) in [5.74, 6) is 0.527. The summed E-state index contributed by atoms with van der Waals surface area (Å²) in [5.41, 5.74) is 1.56. The Kier molecular flexibility index (Phi) is 5.19. The Hall–Kier alpha value is -3.75. The second kappa shape index (κ2) is 8.09. The van der Waals surface area contributed by atoms with Crippen molar-refractivity contribution >= 4 is 17.5 Å². The predicted molar refractivity (Wildman–Crippen MR) is 104 cm³/mol. The highest BCUT2D eigenvalue weighted by atomic mass is 16.5. The third-order valence-corrected chi connectivity index (χ3v) is 4.84. The topological polar surface area (TPSA) is 102 Å². The number of nitrogens with one attached hydrogen (secondary N) is 1. The van der Waals surface area contributed by atoms with Crippen LogP contribution in [0, 0.1) is 5.92 Å². The number of rotatable bonds is 6. The SMILES string of the molecule is COc1ccc(N2C[C@@H](C(=O)NCc3nnnn3-c3ccccc3)CC2=O)cc1. The standard InChI is InChI=1S/C20H20N6O3/c1-29-17-9-7-15(8-10-17)25-13-14(11-19(25)27)20(28)21-12-18-22-23-24-26(18)16-5-3-2-4-6-16/h2-10,14H,11-13H2,1H3,(H,21,28)/t14-/m0/s1. The Labute approximate surface area is 167 Å². The first kappa shape index (κ1) is 18.6. The molecular weight excluding hydrogens is 372 g/mol. The molecule has 1 aromatic heterocycles. The summed E-state index contributed by atoms with van der Waals surface area (Å²) in [6.45, 7) is 0.509. The summed E-state index contributed by atoms with van der Waals surface area (Å²) in [7, 11) is 1.59. The Morgan fingerprint density at radius 2 is 1.90 bits per heavy atom. The molecule has 0 spiro atoms. The number of anilines is 1. The molecule has 1 fully saturated rings. The molecule has 2 amide bonds. The van der Waals surface area contributed by atoms with Gasteiger partial charge in [-0.2, -0.15) is 4.68 Å². The van der Waals surface area contributed by atoms with Gasteiger partial charge in [0.15, 0.2) is 5.82 Å². The van der Waals surface area contributed by atoms with Crippen molar-refractivity contribution in [3.63, 3.8) is 0 Å². The molecule has 2 heterocycles. The Bertz CT molecular complexity index is 1000. The lowest BCUT2D eigenvalue weighted by Crippen LogP contribution is -2.33. The number of hydrogen-bond acceptors (Lipinski definition) is 6. The maximum atomic E-state index is 12.6. The third-order valence-electron chi connectivity index (χ3n) is 4.84. The van der Waals surface area contributed by atoms with Crippen LogP contribution in [0.2, 0.25) is 0 Å². The molecule has 4 rings (SSSR count). The van der Waals surface area contributed by atoms with Crippen LogP contribution in [0.25, 0.3) is 5.69 Å². The number of aromatic nitrogens is 4. The van der Waals surface area contributed by atoms with E-state index < -0.39 is 5.92 Å². The summed E-state index contributed by atoms with van der Waals surface area (Å²) < 4.78 is 6.71. The van der Waals surface area contributed by atoms with E-state index in [0.717, 1.165) is 11.4 Å². The minimum absolute atomic E-state index is 0.0792. The van der Waals surface area contributed by atoms with E-state index in [1.165, 1.54) is 0 Å². The van der Waals surface area contributed by atoms with Gasteiger partial charge in [0.2, 0.25) is 11.8 Å². The van der Waals surface area contributed by atoms with E-state index in [1.54, 1.807) is 28.8 Å². The fourth-order valence-electron chi connectivity index (χ4n) is 3.29. The number of para-hydroxylation sites is 1. The normalized spacial score (nSPS) is 16.1. The van der Waals surface area contributed by atoms with E-state index in [9.17, 15) is 9.59 Å². The summed E-state index contributed by atoms with van der Waals surface area (Å²) in [4.78, 5) is 26.6. The zero-order valence-electron chi connectivity index (χ0n) is 15.9. The summed E-state index contributed by atoms with van der Waals surface area (Å²) in [6, 6.07) is 16.6. The van der Waals surface area contributed by atoms with Crippen LogP contribution >= 0.6 is 0 Å². The molecule has 9 nitrogen and oxygen atoms in total. The first-order chi connectivity index (χ1) is 14.2. The van der Waals surface area contributed by atoms with Gasteiger partial charge in [0, 0.05) is 18.7 Å². The van der Waals surface area contributed by atoms with E-state index in [1.807, 2.05) is 42.5 Å². The van der Waals surface area contributed by atoms with Crippen LogP contribution in [0.5, 0.6) is 5.75 Å². The van der Waals surface area contributed by atoms with Crippen LogP contribution in [-0.2, 0) is 16.1 Å². The van der Waals surface area contributed by atoms with E-state index >= 15 is 0 Å². The molecule has 148 valence electrons. The van der Waals surface area contributed by atoms with Crippen LogP contribution in [0.3, 0.4) is 0 Å². The van der Waals surface area contributed by atoms with Crippen LogP contribution in [0.4, 0.5) is 5.69 Å². The van der Waals surface area contributed by atoms with Crippen molar-refractivity contribution in [1.29, 1.82) is 0 Å². The van der Waals surface area contributed by atoms with Gasteiger partial charge in [-0.25, -0.2) is 0 Å². The summed E-state index contributed by atoms with van der Waals surface area (Å²) in [5, 5.41) is 14.5. The third kappa shape index (κ3) is 3.93. The van der Waals surface area contributed by atoms with Gasteiger partial charge in [0.1, 0.15) is 5.75 Å². The second-order valence-corrected chi connectivity index (χ2v) is 6.66. The summed E-state index contributed by atoms with van der Waals surface area (Å²) >= 11 is 0. The molecule has 0 radical (unpaired) electrons. The Morgan fingerprint density at radius 1 is 1.14 bits per heavy atom. The maximum Gasteiger partial charge on any atom is 0.227 e. The fraction of sp³-hybridized carbons (Fsp3) is 0.250. The monoisotopic (exact) mass is 392 g/mol. The van der Waals surface area contributed by atoms with Crippen molar-refractivity contribution in [2.45, 2.75) is 13.0 Å². The van der Waals surface area contributed by atoms with Gasteiger partial charge in [-0.15, -0.1) is 5.10 Å². The molecular formula is C20H20N6O3. The highest BCUT2D eigenvalue weighted by molar-refractivity contribution is 6.00. The van der Waals surface area contributed by atoms with Crippen molar-refractivity contribution in [3.05, 3.63) is 60.4 Å². The van der Waals surface area contributed by atoms with Gasteiger partial charge in [-0.05, 0) is 46.8 Å². The lowest BCUT2D eigenvalue weighted by Gasteiger charge is -2.17. The molecule has 1 N–H and O–H groups in total. The minimum Gasteiger partial charge on any atom is -0.497 e. The van der Waals surface area contributed by atoms with Gasteiger partial charge in [-0.3, -0.25) is 9.59 Å². The van der Waals surface area contributed by atoms with Gasteiger partial charge in [0.05, 0.1) is 25.3 Å². The molecule has 2 aromatic carbocycles. The molecule has 9 heteroatoms. The van der Waals surface area contributed by atoms with Crippen LogP contribution < -0.4 is 15.0 Å². The van der Waals surface area contributed by atoms with Crippen LogP contribution in [0.15, 0.2) is 54.6 Å². The molecule has 1 saturated heterocycles. The van der Waals surface area contributed by atoms with E-state index in [4.69, 9.17) is 4.74 Å². The molecule has 1 aliphatic rings. The number of nitrogens with zero attached hydrogens (tertiary/aromatic N) is 5. The first-order valence-electron chi connectivity index (χ1n) is 9.20. The van der Waals surface area contributed by atoms with Gasteiger partial charge in [-0.1, -0.05) is 18.2 Å². The number of carbonyl (C=O) groups excluding carboxylic acids is 2. The van der Waals surface area contributed by atoms with Crippen LogP contribution in [-0.4, -0.2) is 45.7 Å². The van der Waals surface area contributed by atoms with E-state index in [2.05, 4.69) is 20.8 Å². The predicted octanol–water partition coefficient (Wildman–Crippen LogP) is 1.34. The molecule has 1 atom stereocenters. The lowest BCUT2D eigenvalue weighted by molar-refractivity contribution is -0.126. The number of tetrazole rings is 1. The van der Waals surface area contributed by atoms with Crippen LogP contribution in [0.1, 0.15) is 12.2 Å². The lowest BCUT2D eigenvalue weighted by atomic mass is 10.1. The molecule has 0 unspecified atom stereocenters. The fourth-order valence-corrected chi connectivity index (χ4v) is 3.29. The number of ether oxygens (including phenoxy) is 1. The van der Waals surface area contributed by atoms with Crippen molar-refractivity contribution in [1.82, 2.24) is 25.5 Å². The van der Waals surface area contributed by atoms with E-state index in [-0.39, 0.29) is 24.8 Å². The number of hydrogen-bond donors (Lipinski definition) is 1. The minimum atomic E-state index is -0.425. The van der Waals surface area contributed by atoms with Gasteiger partial charge >= 0.3 is 0 Å². The second-order valence-electron chi connectivity index (χ2n) is 6.66. The van der Waals surface area contributed by atoms with Crippen molar-refractivity contribution < 1.29 is 14.3 Å². The molecule has 3 aromatic rings. The Morgan fingerprint density at radius 3 is 2.62 bits per heavy atom. The zero-order valence-corrected chi connectivity index (χ0v) is 15.9. The quantitative estimate of drug-likeness (QED) is 0.679. The number of methoxy groups -OCH3 is 1. The molecule has 1 aliphatic heterocycles. The zero-order chi connectivity index (χ0) is 20.2. The van der Waals surface area contributed by atoms with E-state index in [0.29, 0.717) is 18.1 Å². The largest absolute Gasteiger partial charge is 0.497 e. The van der Waals surface area contributed by atoms with Crippen molar-refractivity contribution in [2.75, 3.05) is 18.6 Å². The average Bonchev–Trinajstić information content (AvgIpc) is 3.39. The maximum absolute atomic E-state index is 12.6.